The number of nitrogens with zero attached hydrogens (tertiary/aromatic N) is 3. The maximum absolute atomic E-state index is 5.82. The smallest absolute Gasteiger partial charge is 0.191 e. The maximum atomic E-state index is 5.82. The molecule has 6 nitrogen and oxygen atoms in total. The van der Waals surface area contributed by atoms with Crippen molar-refractivity contribution in [2.75, 3.05) is 7.05 Å². The Balaban J connectivity index is 0.00000280. The number of halogens is 1. The molecule has 0 aliphatic rings. The van der Waals surface area contributed by atoms with Crippen molar-refractivity contribution < 1.29 is 4.74 Å². The van der Waals surface area contributed by atoms with Gasteiger partial charge in [0, 0.05) is 26.8 Å². The van der Waals surface area contributed by atoms with Gasteiger partial charge in [0.25, 0.3) is 0 Å². The lowest BCUT2D eigenvalue weighted by Crippen LogP contribution is -2.36. The van der Waals surface area contributed by atoms with Gasteiger partial charge in [-0.25, -0.2) is 0 Å². The molecule has 1 aromatic heterocycles. The molecule has 0 unspecified atom stereocenters. The molecule has 7 heteroatoms. The number of ether oxygens (including phenoxy) is 1. The van der Waals surface area contributed by atoms with Crippen molar-refractivity contribution in [2.45, 2.75) is 19.7 Å². The quantitative estimate of drug-likeness (QED) is 0.302. The third kappa shape index (κ3) is 6.56. The molecule has 0 bridgehead atoms. The number of para-hydroxylation sites is 1. The van der Waals surface area contributed by atoms with Crippen molar-refractivity contribution >= 4 is 29.9 Å². The van der Waals surface area contributed by atoms with Crippen molar-refractivity contribution in [2.24, 2.45) is 12.0 Å². The summed E-state index contributed by atoms with van der Waals surface area (Å²) in [5.74, 6) is 1.63. The highest BCUT2D eigenvalue weighted by molar-refractivity contribution is 14.0. The fourth-order valence-corrected chi connectivity index (χ4v) is 2.67. The topological polar surface area (TPSA) is 63.5 Å². The van der Waals surface area contributed by atoms with E-state index < -0.39 is 0 Å². The van der Waals surface area contributed by atoms with E-state index in [4.69, 9.17) is 4.74 Å². The molecule has 0 radical (unpaired) electrons. The van der Waals surface area contributed by atoms with E-state index in [9.17, 15) is 0 Å². The van der Waals surface area contributed by atoms with Gasteiger partial charge in [-0.1, -0.05) is 42.5 Å². The number of guanidine groups is 1. The van der Waals surface area contributed by atoms with Gasteiger partial charge in [0.1, 0.15) is 12.4 Å². The molecule has 3 rings (SSSR count). The Kier molecular flexibility index (Phi) is 8.80. The predicted molar refractivity (Wildman–Crippen MR) is 123 cm³/mol. The summed E-state index contributed by atoms with van der Waals surface area (Å²) in [7, 11) is 3.69. The molecule has 0 amide bonds. The summed E-state index contributed by atoms with van der Waals surface area (Å²) < 4.78 is 7.66. The normalized spacial score (nSPS) is 10.9. The molecule has 0 aliphatic heterocycles. The molecule has 3 aromatic rings. The van der Waals surface area contributed by atoms with Crippen LogP contribution >= 0.6 is 24.0 Å². The van der Waals surface area contributed by atoms with Gasteiger partial charge in [-0.15, -0.1) is 24.0 Å². The summed E-state index contributed by atoms with van der Waals surface area (Å²) in [6.45, 7) is 1.90. The zero-order chi connectivity index (χ0) is 18.9. The average Bonchev–Trinajstić information content (AvgIpc) is 3.12. The van der Waals surface area contributed by atoms with Crippen LogP contribution in [0.4, 0.5) is 0 Å². The molecular weight excluding hydrogens is 465 g/mol. The van der Waals surface area contributed by atoms with Crippen molar-refractivity contribution in [3.63, 3.8) is 0 Å². The van der Waals surface area contributed by atoms with Gasteiger partial charge in [-0.3, -0.25) is 9.67 Å². The highest BCUT2D eigenvalue weighted by Crippen LogP contribution is 2.12. The second kappa shape index (κ2) is 11.3. The average molecular weight is 491 g/mol. The van der Waals surface area contributed by atoms with Crippen LogP contribution in [0.2, 0.25) is 0 Å². The fourth-order valence-electron chi connectivity index (χ4n) is 2.67. The first kappa shape index (κ1) is 21.7. The van der Waals surface area contributed by atoms with Crippen LogP contribution in [-0.2, 0) is 26.7 Å². The van der Waals surface area contributed by atoms with Crippen LogP contribution in [0.5, 0.6) is 5.75 Å². The largest absolute Gasteiger partial charge is 0.489 e. The minimum absolute atomic E-state index is 0. The van der Waals surface area contributed by atoms with Crippen LogP contribution in [0.3, 0.4) is 0 Å². The molecule has 0 aliphatic carbocycles. The van der Waals surface area contributed by atoms with Crippen LogP contribution in [-0.4, -0.2) is 22.8 Å². The second-order valence-electron chi connectivity index (χ2n) is 6.15. The highest BCUT2D eigenvalue weighted by Gasteiger charge is 2.03. The summed E-state index contributed by atoms with van der Waals surface area (Å²) >= 11 is 0. The van der Waals surface area contributed by atoms with E-state index in [1.54, 1.807) is 13.2 Å². The molecule has 0 atom stereocenters. The number of rotatable bonds is 7. The molecule has 28 heavy (non-hydrogen) atoms. The zero-order valence-corrected chi connectivity index (χ0v) is 18.5. The Morgan fingerprint density at radius 2 is 1.75 bits per heavy atom. The number of nitrogens with one attached hydrogen (secondary N) is 2. The molecule has 0 saturated carbocycles. The third-order valence-corrected chi connectivity index (χ3v) is 4.18. The lowest BCUT2D eigenvalue weighted by molar-refractivity contribution is 0.306. The summed E-state index contributed by atoms with van der Waals surface area (Å²) in [4.78, 5) is 4.27. The number of hydrogen-bond acceptors (Lipinski definition) is 3. The summed E-state index contributed by atoms with van der Waals surface area (Å²) in [5, 5.41) is 10.8. The van der Waals surface area contributed by atoms with Crippen LogP contribution in [0.1, 0.15) is 16.8 Å². The molecule has 2 N–H and O–H groups in total. The highest BCUT2D eigenvalue weighted by atomic mass is 127. The van der Waals surface area contributed by atoms with Crippen molar-refractivity contribution in [3.8, 4) is 5.75 Å². The number of benzene rings is 2. The van der Waals surface area contributed by atoms with Gasteiger partial charge < -0.3 is 15.4 Å². The van der Waals surface area contributed by atoms with Gasteiger partial charge in [0.15, 0.2) is 5.96 Å². The minimum Gasteiger partial charge on any atom is -0.489 e. The second-order valence-corrected chi connectivity index (χ2v) is 6.15. The SMILES string of the molecule is CN=C(NCc1cccc(COc2ccccc2)c1)NCc1ccnn1C.I. The van der Waals surface area contributed by atoms with E-state index in [-0.39, 0.29) is 24.0 Å². The van der Waals surface area contributed by atoms with E-state index >= 15 is 0 Å². The number of aryl methyl sites for hydroxylation is 1. The number of hydrogen-bond donors (Lipinski definition) is 2. The molecular formula is C21H26IN5O. The van der Waals surface area contributed by atoms with Crippen LogP contribution in [0.15, 0.2) is 71.9 Å². The molecule has 1 heterocycles. The summed E-state index contributed by atoms with van der Waals surface area (Å²) in [6.07, 6.45) is 1.79. The molecule has 148 valence electrons. The van der Waals surface area contributed by atoms with E-state index in [1.165, 1.54) is 5.56 Å². The Hall–Kier alpha value is -2.55. The van der Waals surface area contributed by atoms with E-state index in [1.807, 2.05) is 54.2 Å². The lowest BCUT2D eigenvalue weighted by atomic mass is 10.1. The zero-order valence-electron chi connectivity index (χ0n) is 16.1. The van der Waals surface area contributed by atoms with Crippen LogP contribution in [0, 0.1) is 0 Å². The van der Waals surface area contributed by atoms with Gasteiger partial charge in [0.2, 0.25) is 0 Å². The molecule has 0 saturated heterocycles. The monoisotopic (exact) mass is 491 g/mol. The third-order valence-electron chi connectivity index (χ3n) is 4.18. The van der Waals surface area contributed by atoms with Gasteiger partial charge >= 0.3 is 0 Å². The number of aliphatic imine (C=N–C) groups is 1. The summed E-state index contributed by atoms with van der Waals surface area (Å²) in [6, 6.07) is 20.2. The van der Waals surface area contributed by atoms with Gasteiger partial charge in [0.05, 0.1) is 12.2 Å². The summed E-state index contributed by atoms with van der Waals surface area (Å²) in [5.41, 5.74) is 3.40. The van der Waals surface area contributed by atoms with Gasteiger partial charge in [-0.2, -0.15) is 5.10 Å². The Morgan fingerprint density at radius 3 is 2.46 bits per heavy atom. The molecule has 0 spiro atoms. The van der Waals surface area contributed by atoms with E-state index in [2.05, 4.69) is 38.9 Å². The fraction of sp³-hybridized carbons (Fsp3) is 0.238. The lowest BCUT2D eigenvalue weighted by Gasteiger charge is -2.13. The van der Waals surface area contributed by atoms with Crippen molar-refractivity contribution in [3.05, 3.63) is 83.7 Å². The first-order valence-electron chi connectivity index (χ1n) is 8.91. The first-order chi connectivity index (χ1) is 13.2. The van der Waals surface area contributed by atoms with E-state index in [0.717, 1.165) is 23.0 Å². The van der Waals surface area contributed by atoms with Crippen LogP contribution < -0.4 is 15.4 Å². The maximum Gasteiger partial charge on any atom is 0.191 e. The predicted octanol–water partition coefficient (Wildman–Crippen LogP) is 3.48. The minimum atomic E-state index is 0. The Labute approximate surface area is 183 Å². The van der Waals surface area contributed by atoms with Gasteiger partial charge in [-0.05, 0) is 29.3 Å². The van der Waals surface area contributed by atoms with E-state index in [0.29, 0.717) is 19.7 Å². The Bertz CT molecular complexity index is 879. The van der Waals surface area contributed by atoms with Crippen molar-refractivity contribution in [1.29, 1.82) is 0 Å². The standard InChI is InChI=1S/C21H25N5O.HI/c1-22-21(24-15-19-11-12-25-26(19)2)23-14-17-7-6-8-18(13-17)16-27-20-9-4-3-5-10-20;/h3-13H,14-16H2,1-2H3,(H2,22,23,24);1H. The molecule has 2 aromatic carbocycles. The van der Waals surface area contributed by atoms with Crippen LogP contribution in [0.25, 0.3) is 0 Å². The number of aromatic nitrogens is 2. The Morgan fingerprint density at radius 1 is 1.00 bits per heavy atom. The first-order valence-corrected chi connectivity index (χ1v) is 8.91. The molecule has 0 fully saturated rings. The van der Waals surface area contributed by atoms with Crippen molar-refractivity contribution in [1.82, 2.24) is 20.4 Å².